The molecule has 0 saturated carbocycles. The summed E-state index contributed by atoms with van der Waals surface area (Å²) in [5.41, 5.74) is 6.23. The summed E-state index contributed by atoms with van der Waals surface area (Å²) in [6, 6.07) is 9.55. The van der Waals surface area contributed by atoms with Gasteiger partial charge in [0.2, 0.25) is 0 Å². The quantitative estimate of drug-likeness (QED) is 0.864. The number of nitrogens with two attached hydrogens (primary N) is 1. The third kappa shape index (κ3) is 3.66. The normalized spacial score (nSPS) is 10.4. The predicted molar refractivity (Wildman–Crippen MR) is 69.0 cm³/mol. The summed E-state index contributed by atoms with van der Waals surface area (Å²) < 4.78 is 18.2. The van der Waals surface area contributed by atoms with Crippen molar-refractivity contribution in [1.29, 1.82) is 0 Å². The van der Waals surface area contributed by atoms with Crippen LogP contribution in [0.25, 0.3) is 0 Å². The van der Waals surface area contributed by atoms with Gasteiger partial charge in [-0.05, 0) is 36.2 Å². The highest BCUT2D eigenvalue weighted by Gasteiger charge is 2.09. The molecule has 2 aromatic rings. The lowest BCUT2D eigenvalue weighted by Crippen LogP contribution is -2.25. The number of rotatable bonds is 5. The fourth-order valence-corrected chi connectivity index (χ4v) is 1.71. The summed E-state index contributed by atoms with van der Waals surface area (Å²) in [7, 11) is 0. The molecule has 0 fully saturated rings. The molecule has 1 heterocycles. The molecule has 4 nitrogen and oxygen atoms in total. The van der Waals surface area contributed by atoms with E-state index in [1.165, 1.54) is 12.1 Å². The van der Waals surface area contributed by atoms with E-state index in [4.69, 9.17) is 10.2 Å². The van der Waals surface area contributed by atoms with Gasteiger partial charge in [0.1, 0.15) is 11.6 Å². The smallest absolute Gasteiger partial charge is 0.287 e. The Hall–Kier alpha value is -2.14. The zero-order chi connectivity index (χ0) is 13.7. The Kier molecular flexibility index (Phi) is 4.30. The van der Waals surface area contributed by atoms with Crippen molar-refractivity contribution in [2.45, 2.75) is 13.0 Å². The lowest BCUT2D eigenvalue weighted by atomic mass is 10.1. The molecule has 3 N–H and O–H groups in total. The van der Waals surface area contributed by atoms with Crippen molar-refractivity contribution < 1.29 is 13.6 Å². The number of hydrogen-bond donors (Lipinski definition) is 2. The van der Waals surface area contributed by atoms with Crippen LogP contribution in [0, 0.1) is 5.82 Å². The second kappa shape index (κ2) is 6.15. The number of hydrogen-bond acceptors (Lipinski definition) is 3. The maximum atomic E-state index is 12.9. The monoisotopic (exact) mass is 262 g/mol. The van der Waals surface area contributed by atoms with Gasteiger partial charge in [-0.15, -0.1) is 0 Å². The first-order chi connectivity index (χ1) is 9.19. The highest BCUT2D eigenvalue weighted by Crippen LogP contribution is 2.07. The molecule has 0 radical (unpaired) electrons. The van der Waals surface area contributed by atoms with Crippen LogP contribution < -0.4 is 11.1 Å². The molecule has 0 bridgehead atoms. The number of furan rings is 1. The second-order valence-corrected chi connectivity index (χ2v) is 4.11. The number of benzene rings is 1. The molecule has 0 aliphatic carbocycles. The molecule has 19 heavy (non-hydrogen) atoms. The van der Waals surface area contributed by atoms with Crippen molar-refractivity contribution in [2.75, 3.05) is 6.54 Å². The summed E-state index contributed by atoms with van der Waals surface area (Å²) >= 11 is 0. The topological polar surface area (TPSA) is 68.3 Å². The molecule has 0 unspecified atom stereocenters. The molecule has 0 saturated heterocycles. The van der Waals surface area contributed by atoms with Crippen LogP contribution in [0.4, 0.5) is 4.39 Å². The Bertz CT molecular complexity index is 566. The minimum Gasteiger partial charge on any atom is -0.455 e. The summed E-state index contributed by atoms with van der Waals surface area (Å²) in [6.07, 6.45) is 0.563. The van der Waals surface area contributed by atoms with Crippen LogP contribution >= 0.6 is 0 Å². The number of amides is 1. The van der Waals surface area contributed by atoms with E-state index in [-0.39, 0.29) is 24.0 Å². The van der Waals surface area contributed by atoms with E-state index in [9.17, 15) is 9.18 Å². The van der Waals surface area contributed by atoms with Crippen molar-refractivity contribution in [3.63, 3.8) is 0 Å². The molecule has 2 rings (SSSR count). The zero-order valence-corrected chi connectivity index (χ0v) is 10.4. The number of nitrogens with one attached hydrogen (secondary N) is 1. The van der Waals surface area contributed by atoms with Crippen LogP contribution in [0.2, 0.25) is 0 Å². The van der Waals surface area contributed by atoms with Crippen molar-refractivity contribution in [3.05, 3.63) is 59.3 Å². The van der Waals surface area contributed by atoms with Crippen molar-refractivity contribution >= 4 is 5.91 Å². The molecule has 5 heteroatoms. The van der Waals surface area contributed by atoms with Gasteiger partial charge >= 0.3 is 0 Å². The van der Waals surface area contributed by atoms with Crippen LogP contribution in [0.15, 0.2) is 40.8 Å². The van der Waals surface area contributed by atoms with E-state index in [1.54, 1.807) is 18.2 Å². The van der Waals surface area contributed by atoms with Gasteiger partial charge in [-0.3, -0.25) is 4.79 Å². The van der Waals surface area contributed by atoms with Gasteiger partial charge in [0.15, 0.2) is 5.76 Å². The number of halogens is 1. The number of carbonyl (C=O) groups excluding carboxylic acids is 1. The van der Waals surface area contributed by atoms with Crippen LogP contribution in [0.5, 0.6) is 0 Å². The fourth-order valence-electron chi connectivity index (χ4n) is 1.71. The highest BCUT2D eigenvalue weighted by atomic mass is 19.1. The van der Waals surface area contributed by atoms with Gasteiger partial charge in [-0.1, -0.05) is 12.1 Å². The standard InChI is InChI=1S/C14H15FN2O2/c15-11-3-1-2-10(8-11)6-7-17-14(18)13-5-4-12(9-16)19-13/h1-5,8H,6-7,9,16H2,(H,17,18). The molecule has 0 spiro atoms. The Labute approximate surface area is 110 Å². The van der Waals surface area contributed by atoms with Gasteiger partial charge < -0.3 is 15.5 Å². The maximum Gasteiger partial charge on any atom is 0.287 e. The first-order valence-corrected chi connectivity index (χ1v) is 6.00. The Morgan fingerprint density at radius 2 is 2.16 bits per heavy atom. The lowest BCUT2D eigenvalue weighted by molar-refractivity contribution is 0.0924. The van der Waals surface area contributed by atoms with Gasteiger partial charge in [0, 0.05) is 6.54 Å². The van der Waals surface area contributed by atoms with Crippen LogP contribution in [-0.2, 0) is 13.0 Å². The van der Waals surface area contributed by atoms with E-state index < -0.39 is 0 Å². The molecule has 0 aliphatic heterocycles. The third-order valence-electron chi connectivity index (χ3n) is 2.67. The average Bonchev–Trinajstić information content (AvgIpc) is 2.87. The van der Waals surface area contributed by atoms with Gasteiger partial charge in [0.25, 0.3) is 5.91 Å². The minimum absolute atomic E-state index is 0.236. The van der Waals surface area contributed by atoms with E-state index in [0.717, 1.165) is 5.56 Å². The van der Waals surface area contributed by atoms with E-state index >= 15 is 0 Å². The van der Waals surface area contributed by atoms with Crippen molar-refractivity contribution in [3.8, 4) is 0 Å². The number of carbonyl (C=O) groups is 1. The molecular formula is C14H15FN2O2. The Morgan fingerprint density at radius 1 is 1.32 bits per heavy atom. The van der Waals surface area contributed by atoms with Crippen molar-refractivity contribution in [1.82, 2.24) is 5.32 Å². The summed E-state index contributed by atoms with van der Waals surface area (Å²) in [5.74, 6) is 0.230. The SMILES string of the molecule is NCc1ccc(C(=O)NCCc2cccc(F)c2)o1. The molecular weight excluding hydrogens is 247 g/mol. The molecule has 1 aromatic carbocycles. The van der Waals surface area contributed by atoms with E-state index in [2.05, 4.69) is 5.32 Å². The van der Waals surface area contributed by atoms with E-state index in [0.29, 0.717) is 18.7 Å². The van der Waals surface area contributed by atoms with Crippen molar-refractivity contribution in [2.24, 2.45) is 5.73 Å². The fraction of sp³-hybridized carbons (Fsp3) is 0.214. The Balaban J connectivity index is 1.84. The average molecular weight is 262 g/mol. The van der Waals surface area contributed by atoms with Gasteiger partial charge in [-0.2, -0.15) is 0 Å². The molecule has 0 aliphatic rings. The predicted octanol–water partition coefficient (Wildman–Crippen LogP) is 1.85. The molecule has 1 aromatic heterocycles. The first-order valence-electron chi connectivity index (χ1n) is 6.00. The summed E-state index contributed by atoms with van der Waals surface area (Å²) in [6.45, 7) is 0.678. The molecule has 1 amide bonds. The molecule has 100 valence electrons. The van der Waals surface area contributed by atoms with E-state index in [1.807, 2.05) is 6.07 Å². The third-order valence-corrected chi connectivity index (χ3v) is 2.67. The zero-order valence-electron chi connectivity index (χ0n) is 10.4. The molecule has 0 atom stereocenters. The van der Waals surface area contributed by atoms with Crippen LogP contribution in [-0.4, -0.2) is 12.5 Å². The summed E-state index contributed by atoms with van der Waals surface area (Å²) in [4.78, 5) is 11.7. The minimum atomic E-state index is -0.295. The van der Waals surface area contributed by atoms with Crippen LogP contribution in [0.3, 0.4) is 0 Å². The largest absolute Gasteiger partial charge is 0.455 e. The second-order valence-electron chi connectivity index (χ2n) is 4.11. The Morgan fingerprint density at radius 3 is 2.84 bits per heavy atom. The first kappa shape index (κ1) is 13.3. The van der Waals surface area contributed by atoms with Gasteiger partial charge in [0.05, 0.1) is 6.54 Å². The summed E-state index contributed by atoms with van der Waals surface area (Å²) in [5, 5.41) is 2.71. The highest BCUT2D eigenvalue weighted by molar-refractivity contribution is 5.91. The van der Waals surface area contributed by atoms with Gasteiger partial charge in [-0.25, -0.2) is 4.39 Å². The maximum absolute atomic E-state index is 12.9. The van der Waals surface area contributed by atoms with Crippen LogP contribution in [0.1, 0.15) is 21.9 Å². The lowest BCUT2D eigenvalue weighted by Gasteiger charge is -2.03.